The number of halogens is 2. The molecule has 1 N–H and O–H groups in total. The van der Waals surface area contributed by atoms with Gasteiger partial charge in [0.1, 0.15) is 0 Å². The number of hydrogen-bond acceptors (Lipinski definition) is 3. The maximum atomic E-state index is 13.7. The molecule has 1 fully saturated rings. The van der Waals surface area contributed by atoms with E-state index in [4.69, 9.17) is 4.74 Å². The van der Waals surface area contributed by atoms with Crippen molar-refractivity contribution in [2.24, 2.45) is 5.92 Å². The number of hydrogen-bond donors (Lipinski definition) is 1. The predicted octanol–water partition coefficient (Wildman–Crippen LogP) is 4.23. The summed E-state index contributed by atoms with van der Waals surface area (Å²) in [6.07, 6.45) is 4.82. The van der Waals surface area contributed by atoms with Gasteiger partial charge in [0.25, 0.3) is 0 Å². The second-order valence-electron chi connectivity index (χ2n) is 6.38. The van der Waals surface area contributed by atoms with Crippen molar-refractivity contribution < 1.29 is 14.2 Å². The fourth-order valence-electron chi connectivity index (χ4n) is 2.93. The fourth-order valence-corrected chi connectivity index (χ4v) is 3.26. The molecule has 0 saturated carbocycles. The largest absolute Gasteiger partial charge is 0.490 e. The maximum absolute atomic E-state index is 13.7. The minimum atomic E-state index is -0.314. The molecular formula is C18H27BrFNO2. The SMILES string of the molecule is CCC(O)CCCN1CCC(COc2ccc(Br)cc2F)CC1. The van der Waals surface area contributed by atoms with Crippen molar-refractivity contribution in [3.05, 3.63) is 28.5 Å². The monoisotopic (exact) mass is 387 g/mol. The van der Waals surface area contributed by atoms with Crippen LogP contribution in [-0.2, 0) is 0 Å². The van der Waals surface area contributed by atoms with Crippen LogP contribution in [0.25, 0.3) is 0 Å². The Bertz CT molecular complexity index is 478. The van der Waals surface area contributed by atoms with Crippen LogP contribution in [0, 0.1) is 11.7 Å². The molecule has 1 unspecified atom stereocenters. The van der Waals surface area contributed by atoms with Crippen molar-refractivity contribution in [1.82, 2.24) is 4.90 Å². The van der Waals surface area contributed by atoms with Gasteiger partial charge in [0, 0.05) is 4.47 Å². The van der Waals surface area contributed by atoms with Crippen molar-refractivity contribution in [3.63, 3.8) is 0 Å². The number of nitrogens with zero attached hydrogens (tertiary/aromatic N) is 1. The highest BCUT2D eigenvalue weighted by atomic mass is 79.9. The molecule has 1 heterocycles. The van der Waals surface area contributed by atoms with Crippen molar-refractivity contribution >= 4 is 15.9 Å². The van der Waals surface area contributed by atoms with Crippen LogP contribution < -0.4 is 4.74 Å². The number of likely N-dealkylation sites (tertiary alicyclic amines) is 1. The second kappa shape index (κ2) is 9.60. The van der Waals surface area contributed by atoms with E-state index < -0.39 is 0 Å². The average Bonchev–Trinajstić information content (AvgIpc) is 2.55. The Morgan fingerprint density at radius 3 is 2.78 bits per heavy atom. The Hall–Kier alpha value is -0.650. The molecule has 0 bridgehead atoms. The van der Waals surface area contributed by atoms with Gasteiger partial charge >= 0.3 is 0 Å². The summed E-state index contributed by atoms with van der Waals surface area (Å²) in [5.41, 5.74) is 0. The van der Waals surface area contributed by atoms with Crippen molar-refractivity contribution in [1.29, 1.82) is 0 Å². The molecule has 1 aromatic rings. The number of rotatable bonds is 8. The van der Waals surface area contributed by atoms with Gasteiger partial charge in [-0.15, -0.1) is 0 Å². The van der Waals surface area contributed by atoms with E-state index in [-0.39, 0.29) is 11.9 Å². The Morgan fingerprint density at radius 2 is 2.13 bits per heavy atom. The van der Waals surface area contributed by atoms with E-state index in [0.29, 0.717) is 18.3 Å². The molecule has 1 aliphatic heterocycles. The van der Waals surface area contributed by atoms with Gasteiger partial charge in [-0.2, -0.15) is 0 Å². The summed E-state index contributed by atoms with van der Waals surface area (Å²) in [5, 5.41) is 9.58. The lowest BCUT2D eigenvalue weighted by molar-refractivity contribution is 0.123. The molecule has 23 heavy (non-hydrogen) atoms. The molecule has 0 spiro atoms. The molecule has 1 saturated heterocycles. The van der Waals surface area contributed by atoms with Crippen LogP contribution >= 0.6 is 15.9 Å². The van der Waals surface area contributed by atoms with Crippen molar-refractivity contribution in [2.45, 2.75) is 45.1 Å². The number of benzene rings is 1. The fraction of sp³-hybridized carbons (Fsp3) is 0.667. The molecule has 0 amide bonds. The Morgan fingerprint density at radius 1 is 1.39 bits per heavy atom. The second-order valence-corrected chi connectivity index (χ2v) is 7.29. The predicted molar refractivity (Wildman–Crippen MR) is 94.3 cm³/mol. The normalized spacial score (nSPS) is 18.1. The van der Waals surface area contributed by atoms with E-state index in [1.165, 1.54) is 6.07 Å². The third-order valence-corrected chi connectivity index (χ3v) is 5.05. The first-order valence-corrected chi connectivity index (χ1v) is 9.36. The van der Waals surface area contributed by atoms with Crippen LogP contribution in [0.4, 0.5) is 4.39 Å². The standard InChI is InChI=1S/C18H27BrFNO2/c1-2-16(22)4-3-9-21-10-7-14(8-11-21)13-23-18-6-5-15(19)12-17(18)20/h5-6,12,14,16,22H,2-4,7-11,13H2,1H3. The molecule has 0 aliphatic carbocycles. The lowest BCUT2D eigenvalue weighted by atomic mass is 9.97. The van der Waals surface area contributed by atoms with Crippen LogP contribution in [0.1, 0.15) is 39.0 Å². The summed E-state index contributed by atoms with van der Waals surface area (Å²) >= 11 is 3.25. The van der Waals surface area contributed by atoms with Crippen LogP contribution in [-0.4, -0.2) is 42.4 Å². The van der Waals surface area contributed by atoms with Gasteiger partial charge in [-0.3, -0.25) is 0 Å². The van der Waals surface area contributed by atoms with E-state index in [9.17, 15) is 9.50 Å². The van der Waals surface area contributed by atoms with Crippen LogP contribution in [0.3, 0.4) is 0 Å². The van der Waals surface area contributed by atoms with E-state index in [0.717, 1.165) is 56.2 Å². The molecule has 2 rings (SSSR count). The molecule has 1 atom stereocenters. The lowest BCUT2D eigenvalue weighted by Crippen LogP contribution is -2.36. The zero-order valence-electron chi connectivity index (χ0n) is 13.8. The Balaban J connectivity index is 1.64. The van der Waals surface area contributed by atoms with Gasteiger partial charge in [-0.05, 0) is 75.9 Å². The zero-order valence-corrected chi connectivity index (χ0v) is 15.4. The number of piperidine rings is 1. The zero-order chi connectivity index (χ0) is 16.7. The highest BCUT2D eigenvalue weighted by molar-refractivity contribution is 9.10. The average molecular weight is 388 g/mol. The number of aliphatic hydroxyl groups excluding tert-OH is 1. The lowest BCUT2D eigenvalue weighted by Gasteiger charge is -2.32. The third kappa shape index (κ3) is 6.40. The van der Waals surface area contributed by atoms with Crippen molar-refractivity contribution in [3.8, 4) is 5.75 Å². The summed E-state index contributed by atoms with van der Waals surface area (Å²) in [6.45, 7) is 5.80. The summed E-state index contributed by atoms with van der Waals surface area (Å²) < 4.78 is 20.1. The molecule has 1 aliphatic rings. The van der Waals surface area contributed by atoms with Crippen LogP contribution in [0.2, 0.25) is 0 Å². The van der Waals surface area contributed by atoms with Gasteiger partial charge < -0.3 is 14.7 Å². The first-order valence-electron chi connectivity index (χ1n) is 8.56. The Labute approximate surface area is 147 Å². The quantitative estimate of drug-likeness (QED) is 0.724. The summed E-state index contributed by atoms with van der Waals surface area (Å²) in [4.78, 5) is 2.46. The first-order chi connectivity index (χ1) is 11.1. The number of aliphatic hydroxyl groups is 1. The van der Waals surface area contributed by atoms with E-state index in [1.807, 2.05) is 6.92 Å². The topological polar surface area (TPSA) is 32.7 Å². The van der Waals surface area contributed by atoms with Gasteiger partial charge in [-0.1, -0.05) is 22.9 Å². The van der Waals surface area contributed by atoms with Gasteiger partial charge in [-0.25, -0.2) is 4.39 Å². The molecule has 130 valence electrons. The summed E-state index contributed by atoms with van der Waals surface area (Å²) in [5.74, 6) is 0.519. The highest BCUT2D eigenvalue weighted by Crippen LogP contribution is 2.24. The van der Waals surface area contributed by atoms with Crippen LogP contribution in [0.15, 0.2) is 22.7 Å². The first kappa shape index (κ1) is 18.7. The third-order valence-electron chi connectivity index (χ3n) is 4.56. The minimum absolute atomic E-state index is 0.151. The molecule has 1 aromatic carbocycles. The number of ether oxygens (including phenoxy) is 1. The molecular weight excluding hydrogens is 361 g/mol. The molecule has 0 radical (unpaired) electrons. The smallest absolute Gasteiger partial charge is 0.166 e. The molecule has 0 aromatic heterocycles. The molecule has 3 nitrogen and oxygen atoms in total. The molecule has 5 heteroatoms. The van der Waals surface area contributed by atoms with E-state index >= 15 is 0 Å². The maximum Gasteiger partial charge on any atom is 0.166 e. The van der Waals surface area contributed by atoms with Crippen molar-refractivity contribution in [2.75, 3.05) is 26.2 Å². The van der Waals surface area contributed by atoms with E-state index in [2.05, 4.69) is 20.8 Å². The summed E-state index contributed by atoms with van der Waals surface area (Å²) in [6, 6.07) is 4.90. The summed E-state index contributed by atoms with van der Waals surface area (Å²) in [7, 11) is 0. The van der Waals surface area contributed by atoms with Crippen LogP contribution in [0.5, 0.6) is 5.75 Å². The van der Waals surface area contributed by atoms with Gasteiger partial charge in [0.05, 0.1) is 12.7 Å². The van der Waals surface area contributed by atoms with Gasteiger partial charge in [0.2, 0.25) is 0 Å². The van der Waals surface area contributed by atoms with Gasteiger partial charge in [0.15, 0.2) is 11.6 Å². The minimum Gasteiger partial charge on any atom is -0.490 e. The van der Waals surface area contributed by atoms with E-state index in [1.54, 1.807) is 12.1 Å². The Kier molecular flexibility index (Phi) is 7.80. The highest BCUT2D eigenvalue weighted by Gasteiger charge is 2.20.